The van der Waals surface area contributed by atoms with Crippen LogP contribution in [0.1, 0.15) is 9.75 Å². The molecule has 0 spiro atoms. The SMILES string of the molecule is COCOC1(C#Cc2cccs2)C=[C]([Sn]([CH3])([CH3])[CH3])C(C#Cc2cccs2)(OCOC)C=C1Br. The van der Waals surface area contributed by atoms with E-state index in [9.17, 15) is 0 Å². The van der Waals surface area contributed by atoms with E-state index in [0.717, 1.165) is 17.8 Å². The third-order valence-electron chi connectivity index (χ3n) is 4.83. The Kier molecular flexibility index (Phi) is 9.47. The molecular formula is C25H27BrO4S2Sn. The molecule has 2 unspecified atom stereocenters. The first-order valence-corrected chi connectivity index (χ1v) is 22.8. The zero-order valence-electron chi connectivity index (χ0n) is 19.4. The van der Waals surface area contributed by atoms with Crippen LogP contribution >= 0.6 is 38.6 Å². The second-order valence-corrected chi connectivity index (χ2v) is 25.5. The molecule has 2 atom stereocenters. The monoisotopic (exact) mass is 654 g/mol. The predicted octanol–water partition coefficient (Wildman–Crippen LogP) is 6.03. The number of rotatable bonds is 7. The first-order valence-electron chi connectivity index (χ1n) is 10.3. The van der Waals surface area contributed by atoms with Crippen molar-refractivity contribution >= 4 is 57.0 Å². The van der Waals surface area contributed by atoms with Crippen LogP contribution in [0.15, 0.2) is 55.2 Å². The summed E-state index contributed by atoms with van der Waals surface area (Å²) in [6, 6.07) is 7.98. The molecule has 2 heterocycles. The molecule has 0 aromatic carbocycles. The van der Waals surface area contributed by atoms with Crippen LogP contribution < -0.4 is 0 Å². The predicted molar refractivity (Wildman–Crippen MR) is 142 cm³/mol. The van der Waals surface area contributed by atoms with Gasteiger partial charge < -0.3 is 0 Å². The number of methoxy groups -OCH3 is 2. The average Bonchev–Trinajstić information content (AvgIpc) is 3.48. The van der Waals surface area contributed by atoms with Crippen molar-refractivity contribution in [1.82, 2.24) is 0 Å². The fourth-order valence-electron chi connectivity index (χ4n) is 3.33. The molecule has 0 aliphatic heterocycles. The topological polar surface area (TPSA) is 36.9 Å². The number of thiophene rings is 2. The fraction of sp³-hybridized carbons (Fsp3) is 0.360. The minimum absolute atomic E-state index is 0.0955. The van der Waals surface area contributed by atoms with Crippen LogP contribution in [0.2, 0.25) is 14.8 Å². The Balaban J connectivity index is 2.21. The van der Waals surface area contributed by atoms with Gasteiger partial charge in [0.05, 0.1) is 0 Å². The Hall–Kier alpha value is -0.881. The van der Waals surface area contributed by atoms with Crippen LogP contribution in [-0.4, -0.2) is 57.4 Å². The number of hydrogen-bond acceptors (Lipinski definition) is 6. The van der Waals surface area contributed by atoms with Crippen molar-refractivity contribution in [2.75, 3.05) is 27.8 Å². The molecule has 3 rings (SSSR count). The van der Waals surface area contributed by atoms with Crippen LogP contribution in [0, 0.1) is 23.7 Å². The summed E-state index contributed by atoms with van der Waals surface area (Å²) < 4.78 is 25.0. The van der Waals surface area contributed by atoms with E-state index >= 15 is 0 Å². The van der Waals surface area contributed by atoms with Crippen molar-refractivity contribution in [3.05, 3.63) is 65.0 Å². The van der Waals surface area contributed by atoms with Crippen molar-refractivity contribution < 1.29 is 18.9 Å². The molecule has 1 aliphatic rings. The summed E-state index contributed by atoms with van der Waals surface area (Å²) in [4.78, 5) is 8.94. The molecule has 0 saturated heterocycles. The number of ether oxygens (including phenoxy) is 4. The molecule has 2 aromatic rings. The molecule has 4 nitrogen and oxygen atoms in total. The molecule has 0 N–H and O–H groups in total. The Labute approximate surface area is 217 Å². The quantitative estimate of drug-likeness (QED) is 0.208. The molecule has 0 amide bonds. The van der Waals surface area contributed by atoms with Gasteiger partial charge in [-0.3, -0.25) is 0 Å². The average molecular weight is 654 g/mol. The van der Waals surface area contributed by atoms with Gasteiger partial charge in [0.1, 0.15) is 0 Å². The van der Waals surface area contributed by atoms with E-state index in [1.54, 1.807) is 36.9 Å². The fourth-order valence-corrected chi connectivity index (χ4v) is 10.7. The van der Waals surface area contributed by atoms with Crippen LogP contribution in [0.25, 0.3) is 0 Å². The molecule has 0 radical (unpaired) electrons. The first-order chi connectivity index (χ1) is 15.7. The van der Waals surface area contributed by atoms with E-state index in [2.05, 4.69) is 60.5 Å². The second kappa shape index (κ2) is 11.7. The van der Waals surface area contributed by atoms with Crippen LogP contribution in [0.4, 0.5) is 0 Å². The summed E-state index contributed by atoms with van der Waals surface area (Å²) in [6.07, 6.45) is 4.09. The number of hydrogen-bond donors (Lipinski definition) is 0. The van der Waals surface area contributed by atoms with Gasteiger partial charge in [-0.05, 0) is 0 Å². The van der Waals surface area contributed by atoms with E-state index < -0.39 is 29.6 Å². The summed E-state index contributed by atoms with van der Waals surface area (Å²) in [5, 5.41) is 4.03. The summed E-state index contributed by atoms with van der Waals surface area (Å²) >= 11 is 4.11. The summed E-state index contributed by atoms with van der Waals surface area (Å²) in [6.45, 7) is 0.209. The first kappa shape index (κ1) is 26.7. The number of halogens is 1. The zero-order valence-corrected chi connectivity index (χ0v) is 25.4. The van der Waals surface area contributed by atoms with Gasteiger partial charge >= 0.3 is 218 Å². The second-order valence-electron chi connectivity index (χ2n) is 8.33. The van der Waals surface area contributed by atoms with Crippen LogP contribution in [0.3, 0.4) is 0 Å². The van der Waals surface area contributed by atoms with Crippen molar-refractivity contribution in [1.29, 1.82) is 0 Å². The van der Waals surface area contributed by atoms with Gasteiger partial charge in [0.15, 0.2) is 0 Å². The van der Waals surface area contributed by atoms with E-state index in [1.165, 1.54) is 0 Å². The third kappa shape index (κ3) is 6.62. The Morgan fingerprint density at radius 2 is 1.36 bits per heavy atom. The van der Waals surface area contributed by atoms with Crippen molar-refractivity contribution in [2.45, 2.75) is 26.0 Å². The maximum atomic E-state index is 6.33. The van der Waals surface area contributed by atoms with Crippen molar-refractivity contribution in [2.24, 2.45) is 0 Å². The Morgan fingerprint density at radius 3 is 1.82 bits per heavy atom. The normalized spacial score (nSPS) is 22.5. The Bertz CT molecular complexity index is 1110. The van der Waals surface area contributed by atoms with Crippen molar-refractivity contribution in [3.63, 3.8) is 0 Å². The molecule has 0 fully saturated rings. The molecule has 8 heteroatoms. The minimum atomic E-state index is -2.84. The standard InChI is InChI=1S/C22H18BrO4S2.3CH3.Sn/c1-24-16-26-21(9-7-18-5-3-13-28-18)11-12-22(20(23)15-21,27-17-25-2)10-8-19-6-4-14-29-19;;;;/h3-6,12-15H,16-17H2,1-2H3;3*1H3;. The zero-order chi connectivity index (χ0) is 24.0. The molecule has 1 aliphatic carbocycles. The van der Waals surface area contributed by atoms with Gasteiger partial charge in [0.2, 0.25) is 0 Å². The summed E-state index contributed by atoms with van der Waals surface area (Å²) in [7, 11) is 3.22. The Morgan fingerprint density at radius 1 is 0.848 bits per heavy atom. The van der Waals surface area contributed by atoms with E-state index in [1.807, 2.05) is 41.1 Å². The molecular weight excluding hydrogens is 627 g/mol. The van der Waals surface area contributed by atoms with E-state index in [0.29, 0.717) is 0 Å². The van der Waals surface area contributed by atoms with Crippen molar-refractivity contribution in [3.8, 4) is 23.7 Å². The van der Waals surface area contributed by atoms with Gasteiger partial charge in [-0.25, -0.2) is 0 Å². The summed E-state index contributed by atoms with van der Waals surface area (Å²) in [5.74, 6) is 13.4. The van der Waals surface area contributed by atoms with E-state index in [-0.39, 0.29) is 13.6 Å². The van der Waals surface area contributed by atoms with Crippen LogP contribution in [-0.2, 0) is 18.9 Å². The molecule has 174 valence electrons. The van der Waals surface area contributed by atoms with Gasteiger partial charge in [-0.1, -0.05) is 0 Å². The van der Waals surface area contributed by atoms with Gasteiger partial charge in [-0.15, -0.1) is 0 Å². The molecule has 0 bridgehead atoms. The maximum absolute atomic E-state index is 6.33. The molecule has 33 heavy (non-hydrogen) atoms. The van der Waals surface area contributed by atoms with Gasteiger partial charge in [0, 0.05) is 0 Å². The van der Waals surface area contributed by atoms with Gasteiger partial charge in [-0.2, -0.15) is 0 Å². The molecule has 2 aromatic heterocycles. The van der Waals surface area contributed by atoms with Gasteiger partial charge in [0.25, 0.3) is 0 Å². The van der Waals surface area contributed by atoms with E-state index in [4.69, 9.17) is 18.9 Å². The van der Waals surface area contributed by atoms with Crippen LogP contribution in [0.5, 0.6) is 0 Å². The summed E-state index contributed by atoms with van der Waals surface area (Å²) in [5.41, 5.74) is -1.93. The third-order valence-corrected chi connectivity index (χ3v) is 13.3. The molecule has 0 saturated carbocycles.